The third-order valence-corrected chi connectivity index (χ3v) is 6.35. The van der Waals surface area contributed by atoms with Gasteiger partial charge in [0.25, 0.3) is 0 Å². The van der Waals surface area contributed by atoms with Crippen molar-refractivity contribution in [3.8, 4) is 0 Å². The van der Waals surface area contributed by atoms with Crippen LogP contribution in [0.15, 0.2) is 65.9 Å². The molecule has 27 heavy (non-hydrogen) atoms. The summed E-state index contributed by atoms with van der Waals surface area (Å²) in [7, 11) is 0. The predicted molar refractivity (Wildman–Crippen MR) is 109 cm³/mol. The van der Waals surface area contributed by atoms with Crippen LogP contribution in [0, 0.1) is 5.41 Å². The maximum Gasteiger partial charge on any atom is 0.206 e. The minimum Gasteiger partial charge on any atom is -0.299 e. The van der Waals surface area contributed by atoms with E-state index in [0.717, 1.165) is 38.6 Å². The maximum absolute atomic E-state index is 13.1. The molecule has 1 N–H and O–H groups in total. The van der Waals surface area contributed by atoms with E-state index in [-0.39, 0.29) is 17.2 Å². The predicted octanol–water partition coefficient (Wildman–Crippen LogP) is 5.01. The lowest BCUT2D eigenvalue weighted by Gasteiger charge is -2.29. The van der Waals surface area contributed by atoms with Gasteiger partial charge in [0.05, 0.1) is 10.2 Å². The number of hydrogen-bond acceptors (Lipinski definition) is 5. The van der Waals surface area contributed by atoms with Crippen LogP contribution in [0.4, 0.5) is 5.13 Å². The van der Waals surface area contributed by atoms with Crippen molar-refractivity contribution in [2.75, 3.05) is 5.01 Å². The Labute approximate surface area is 162 Å². The van der Waals surface area contributed by atoms with Gasteiger partial charge in [0.2, 0.25) is 5.13 Å². The minimum absolute atomic E-state index is 0.0201. The van der Waals surface area contributed by atoms with Crippen LogP contribution < -0.4 is 10.4 Å². The lowest BCUT2D eigenvalue weighted by Crippen LogP contribution is -2.34. The van der Waals surface area contributed by atoms with E-state index < -0.39 is 0 Å². The first kappa shape index (κ1) is 16.5. The zero-order valence-corrected chi connectivity index (χ0v) is 16.2. The number of hydrazine groups is 1. The zero-order valence-electron chi connectivity index (χ0n) is 15.4. The van der Waals surface area contributed by atoms with Crippen molar-refractivity contribution in [1.29, 1.82) is 0 Å². The van der Waals surface area contributed by atoms with Gasteiger partial charge in [-0.05, 0) is 29.5 Å². The molecule has 1 unspecified atom stereocenters. The molecular formula is C22H21N3OS. The number of thiazole rings is 1. The number of fused-ring (bicyclic) bond motifs is 1. The SMILES string of the molecule is CC1(C)CC(=O)C2=C(C1)NN(c1nc3ccccc3s1)C2c1ccccc1. The van der Waals surface area contributed by atoms with Crippen molar-refractivity contribution in [2.24, 2.45) is 5.41 Å². The Morgan fingerprint density at radius 3 is 2.59 bits per heavy atom. The van der Waals surface area contributed by atoms with E-state index in [1.165, 1.54) is 0 Å². The molecule has 1 aliphatic carbocycles. The Hall–Kier alpha value is -2.66. The van der Waals surface area contributed by atoms with Gasteiger partial charge in [-0.25, -0.2) is 9.99 Å². The van der Waals surface area contributed by atoms with Crippen LogP contribution in [0.25, 0.3) is 10.2 Å². The number of anilines is 1. The normalized spacial score (nSPS) is 21.5. The average Bonchev–Trinajstić information content (AvgIpc) is 3.22. The van der Waals surface area contributed by atoms with Crippen LogP contribution in [0.2, 0.25) is 0 Å². The number of aromatic nitrogens is 1. The molecule has 2 aliphatic rings. The number of para-hydroxylation sites is 1. The third kappa shape index (κ3) is 2.73. The van der Waals surface area contributed by atoms with E-state index in [0.29, 0.717) is 6.42 Å². The number of allylic oxidation sites excluding steroid dienone is 1. The Morgan fingerprint density at radius 2 is 1.81 bits per heavy atom. The molecule has 0 saturated heterocycles. The molecule has 4 nitrogen and oxygen atoms in total. The molecule has 5 heteroatoms. The van der Waals surface area contributed by atoms with E-state index in [1.807, 2.05) is 36.4 Å². The molecule has 0 saturated carbocycles. The minimum atomic E-state index is -0.134. The van der Waals surface area contributed by atoms with Gasteiger partial charge in [0.1, 0.15) is 6.04 Å². The van der Waals surface area contributed by atoms with Gasteiger partial charge < -0.3 is 0 Å². The smallest absolute Gasteiger partial charge is 0.206 e. The summed E-state index contributed by atoms with van der Waals surface area (Å²) < 4.78 is 1.15. The van der Waals surface area contributed by atoms with Crippen LogP contribution in [0.1, 0.15) is 38.3 Å². The quantitative estimate of drug-likeness (QED) is 0.684. The topological polar surface area (TPSA) is 45.2 Å². The lowest BCUT2D eigenvalue weighted by molar-refractivity contribution is -0.118. The largest absolute Gasteiger partial charge is 0.299 e. The van der Waals surface area contributed by atoms with Gasteiger partial charge in [-0.3, -0.25) is 10.2 Å². The van der Waals surface area contributed by atoms with Crippen molar-refractivity contribution in [3.63, 3.8) is 0 Å². The fourth-order valence-electron chi connectivity index (χ4n) is 4.16. The Kier molecular flexibility index (Phi) is 3.62. The van der Waals surface area contributed by atoms with Crippen molar-refractivity contribution < 1.29 is 4.79 Å². The van der Waals surface area contributed by atoms with E-state index in [4.69, 9.17) is 4.98 Å². The molecule has 0 fully saturated rings. The summed E-state index contributed by atoms with van der Waals surface area (Å²) >= 11 is 1.65. The second-order valence-electron chi connectivity index (χ2n) is 8.09. The monoisotopic (exact) mass is 375 g/mol. The summed E-state index contributed by atoms with van der Waals surface area (Å²) in [6.45, 7) is 4.32. The van der Waals surface area contributed by atoms with Crippen LogP contribution >= 0.6 is 11.3 Å². The number of nitrogens with one attached hydrogen (secondary N) is 1. The highest BCUT2D eigenvalue weighted by atomic mass is 32.1. The van der Waals surface area contributed by atoms with Gasteiger partial charge >= 0.3 is 0 Å². The molecule has 1 aromatic heterocycles. The second-order valence-corrected chi connectivity index (χ2v) is 9.10. The van der Waals surface area contributed by atoms with Gasteiger partial charge in [-0.2, -0.15) is 0 Å². The first-order valence-corrected chi connectivity index (χ1v) is 10.1. The summed E-state index contributed by atoms with van der Waals surface area (Å²) in [5, 5.41) is 2.98. The highest BCUT2D eigenvalue weighted by molar-refractivity contribution is 7.22. The van der Waals surface area contributed by atoms with Crippen LogP contribution in [0.3, 0.4) is 0 Å². The van der Waals surface area contributed by atoms with E-state index in [9.17, 15) is 4.79 Å². The molecule has 136 valence electrons. The van der Waals surface area contributed by atoms with Gasteiger partial charge in [0, 0.05) is 17.7 Å². The highest BCUT2D eigenvalue weighted by Gasteiger charge is 2.44. The fraction of sp³-hybridized carbons (Fsp3) is 0.273. The number of benzene rings is 2. The molecule has 0 spiro atoms. The van der Waals surface area contributed by atoms with E-state index in [2.05, 4.69) is 42.5 Å². The molecule has 0 radical (unpaired) electrons. The molecule has 2 heterocycles. The van der Waals surface area contributed by atoms with Crippen molar-refractivity contribution in [1.82, 2.24) is 10.4 Å². The van der Waals surface area contributed by atoms with Crippen LogP contribution in [0.5, 0.6) is 0 Å². The summed E-state index contributed by atoms with van der Waals surface area (Å²) in [5.74, 6) is 0.242. The van der Waals surface area contributed by atoms with Crippen LogP contribution in [-0.2, 0) is 4.79 Å². The average molecular weight is 375 g/mol. The third-order valence-electron chi connectivity index (χ3n) is 5.31. The zero-order chi connectivity index (χ0) is 18.6. The number of Topliss-reactive ketones (excluding diaryl/α,β-unsaturated/α-hetero) is 1. The molecule has 2 aromatic carbocycles. The number of rotatable bonds is 2. The van der Waals surface area contributed by atoms with E-state index >= 15 is 0 Å². The maximum atomic E-state index is 13.1. The second kappa shape index (κ2) is 5.92. The Balaban J connectivity index is 1.64. The molecule has 5 rings (SSSR count). The molecular weight excluding hydrogens is 354 g/mol. The number of carbonyl (C=O) groups excluding carboxylic acids is 1. The van der Waals surface area contributed by atoms with Crippen molar-refractivity contribution in [2.45, 2.75) is 32.7 Å². The first-order valence-electron chi connectivity index (χ1n) is 9.24. The highest BCUT2D eigenvalue weighted by Crippen LogP contribution is 2.47. The molecule has 0 bridgehead atoms. The lowest BCUT2D eigenvalue weighted by atomic mass is 9.74. The molecule has 3 aromatic rings. The molecule has 1 aliphatic heterocycles. The van der Waals surface area contributed by atoms with Gasteiger partial charge in [-0.1, -0.05) is 67.6 Å². The van der Waals surface area contributed by atoms with Gasteiger partial charge in [0.15, 0.2) is 5.78 Å². The summed E-state index contributed by atoms with van der Waals surface area (Å²) in [5.41, 5.74) is 7.57. The number of nitrogens with zero attached hydrogens (tertiary/aromatic N) is 2. The Bertz CT molecular complexity index is 1030. The Morgan fingerprint density at radius 1 is 1.07 bits per heavy atom. The fourth-order valence-corrected chi connectivity index (χ4v) is 5.12. The van der Waals surface area contributed by atoms with Crippen molar-refractivity contribution >= 4 is 32.5 Å². The van der Waals surface area contributed by atoms with Gasteiger partial charge in [-0.15, -0.1) is 0 Å². The summed E-state index contributed by atoms with van der Waals surface area (Å²) in [6, 6.07) is 18.3. The van der Waals surface area contributed by atoms with E-state index in [1.54, 1.807) is 11.3 Å². The summed E-state index contributed by atoms with van der Waals surface area (Å²) in [4.78, 5) is 17.9. The van der Waals surface area contributed by atoms with Crippen molar-refractivity contribution in [3.05, 3.63) is 71.4 Å². The first-order chi connectivity index (χ1) is 13.0. The molecule has 0 amide bonds. The standard InChI is InChI=1S/C22H21N3OS/c1-22(2)12-16-19(17(26)13-22)20(14-8-4-3-5-9-14)25(24-16)21-23-15-10-6-7-11-18(15)27-21/h3-11,20,24H,12-13H2,1-2H3. The summed E-state index contributed by atoms with van der Waals surface area (Å²) in [6.07, 6.45) is 1.46. The molecule has 1 atom stereocenters. The number of carbonyl (C=O) groups is 1. The number of hydrogen-bond donors (Lipinski definition) is 1. The number of ketones is 1. The van der Waals surface area contributed by atoms with Crippen LogP contribution in [-0.4, -0.2) is 10.8 Å².